The summed E-state index contributed by atoms with van der Waals surface area (Å²) in [6.07, 6.45) is 3.47. The summed E-state index contributed by atoms with van der Waals surface area (Å²) in [5, 5.41) is 0. The number of carbonyl (C=O) groups excluding carboxylic acids is 1. The van der Waals surface area contributed by atoms with E-state index in [0.29, 0.717) is 24.2 Å². The van der Waals surface area contributed by atoms with Crippen molar-refractivity contribution in [1.29, 1.82) is 0 Å². The molecule has 1 aliphatic heterocycles. The standard InChI is InChI=1S/C20H27N5O/c1-3-17(15-7-5-4-6-8-15)20(26)25-12-10-16(13-25)24(2)14-19-22-11-9-18(21)23-19/h4-9,11,16-17H,3,10,12-14H2,1-2H3,(H2,21,22,23)/t16-,17-/m0/s1. The number of aromatic nitrogens is 2. The van der Waals surface area contributed by atoms with Crippen LogP contribution >= 0.6 is 0 Å². The number of nitrogen functional groups attached to an aromatic ring is 1. The van der Waals surface area contributed by atoms with Crippen LogP contribution in [-0.4, -0.2) is 51.9 Å². The Morgan fingerprint density at radius 1 is 1.35 bits per heavy atom. The van der Waals surface area contributed by atoms with E-state index in [9.17, 15) is 4.79 Å². The minimum absolute atomic E-state index is 0.0579. The van der Waals surface area contributed by atoms with Crippen LogP contribution in [0.15, 0.2) is 42.6 Å². The molecule has 1 fully saturated rings. The summed E-state index contributed by atoms with van der Waals surface area (Å²) in [6.45, 7) is 4.26. The molecule has 1 amide bonds. The zero-order chi connectivity index (χ0) is 18.5. The molecule has 0 aliphatic carbocycles. The van der Waals surface area contributed by atoms with Gasteiger partial charge >= 0.3 is 0 Å². The van der Waals surface area contributed by atoms with E-state index in [2.05, 4.69) is 28.8 Å². The first-order chi connectivity index (χ1) is 12.6. The Bertz CT molecular complexity index is 736. The molecular formula is C20H27N5O. The molecule has 1 saturated heterocycles. The Labute approximate surface area is 155 Å². The van der Waals surface area contributed by atoms with Crippen LogP contribution in [0.4, 0.5) is 5.82 Å². The summed E-state index contributed by atoms with van der Waals surface area (Å²) in [5.74, 6) is 1.38. The molecular weight excluding hydrogens is 326 g/mol. The maximum atomic E-state index is 13.0. The average molecular weight is 353 g/mol. The topological polar surface area (TPSA) is 75.4 Å². The Morgan fingerprint density at radius 2 is 2.12 bits per heavy atom. The maximum Gasteiger partial charge on any atom is 0.230 e. The fourth-order valence-electron chi connectivity index (χ4n) is 3.60. The quantitative estimate of drug-likeness (QED) is 0.862. The van der Waals surface area contributed by atoms with Gasteiger partial charge < -0.3 is 10.6 Å². The molecule has 1 aliphatic rings. The van der Waals surface area contributed by atoms with Gasteiger partial charge in [-0.1, -0.05) is 37.3 Å². The average Bonchev–Trinajstić information content (AvgIpc) is 3.13. The van der Waals surface area contributed by atoms with Crippen LogP contribution in [0.1, 0.15) is 37.1 Å². The fourth-order valence-corrected chi connectivity index (χ4v) is 3.60. The van der Waals surface area contributed by atoms with Crippen LogP contribution in [0.3, 0.4) is 0 Å². The monoisotopic (exact) mass is 353 g/mol. The number of anilines is 1. The lowest BCUT2D eigenvalue weighted by molar-refractivity contribution is -0.132. The van der Waals surface area contributed by atoms with Crippen LogP contribution in [0.2, 0.25) is 0 Å². The highest BCUT2D eigenvalue weighted by Crippen LogP contribution is 2.25. The molecule has 2 heterocycles. The lowest BCUT2D eigenvalue weighted by Crippen LogP contribution is -2.38. The largest absolute Gasteiger partial charge is 0.384 e. The molecule has 0 radical (unpaired) electrons. The highest BCUT2D eigenvalue weighted by atomic mass is 16.2. The van der Waals surface area contributed by atoms with E-state index < -0.39 is 0 Å². The number of likely N-dealkylation sites (tertiary alicyclic amines) is 1. The van der Waals surface area contributed by atoms with E-state index in [1.165, 1.54) is 0 Å². The van der Waals surface area contributed by atoms with E-state index >= 15 is 0 Å². The Morgan fingerprint density at radius 3 is 2.81 bits per heavy atom. The van der Waals surface area contributed by atoms with Gasteiger partial charge in [-0.2, -0.15) is 0 Å². The molecule has 0 saturated carbocycles. The third-order valence-corrected chi connectivity index (χ3v) is 5.12. The minimum Gasteiger partial charge on any atom is -0.384 e. The minimum atomic E-state index is -0.0579. The Hall–Kier alpha value is -2.47. The van der Waals surface area contributed by atoms with Gasteiger partial charge in [-0.25, -0.2) is 9.97 Å². The van der Waals surface area contributed by atoms with Gasteiger partial charge in [0.25, 0.3) is 0 Å². The first kappa shape index (κ1) is 18.3. The molecule has 3 rings (SSSR count). The molecule has 0 unspecified atom stereocenters. The predicted octanol–water partition coefficient (Wildman–Crippen LogP) is 2.29. The lowest BCUT2D eigenvalue weighted by atomic mass is 9.95. The van der Waals surface area contributed by atoms with Gasteiger partial charge in [0, 0.05) is 25.3 Å². The number of hydrogen-bond acceptors (Lipinski definition) is 5. The SMILES string of the molecule is CC[C@H](C(=O)N1CC[C@H](N(C)Cc2nccc(N)n2)C1)c1ccccc1. The molecule has 1 aromatic carbocycles. The number of likely N-dealkylation sites (N-methyl/N-ethyl adjacent to an activating group) is 1. The highest BCUT2D eigenvalue weighted by Gasteiger charge is 2.32. The van der Waals surface area contributed by atoms with Crippen molar-refractivity contribution in [3.8, 4) is 0 Å². The second kappa shape index (κ2) is 8.27. The van der Waals surface area contributed by atoms with E-state index in [4.69, 9.17) is 5.73 Å². The summed E-state index contributed by atoms with van der Waals surface area (Å²) in [5.41, 5.74) is 6.83. The number of amides is 1. The van der Waals surface area contributed by atoms with Gasteiger partial charge in [0.1, 0.15) is 11.6 Å². The molecule has 26 heavy (non-hydrogen) atoms. The molecule has 6 heteroatoms. The molecule has 1 aromatic heterocycles. The molecule has 6 nitrogen and oxygen atoms in total. The number of nitrogens with two attached hydrogens (primary N) is 1. The fraction of sp³-hybridized carbons (Fsp3) is 0.450. The van der Waals surface area contributed by atoms with Crippen molar-refractivity contribution >= 4 is 11.7 Å². The Balaban J connectivity index is 1.61. The lowest BCUT2D eigenvalue weighted by Gasteiger charge is -2.26. The van der Waals surface area contributed by atoms with Crippen molar-refractivity contribution in [1.82, 2.24) is 19.8 Å². The summed E-state index contributed by atoms with van der Waals surface area (Å²) < 4.78 is 0. The van der Waals surface area contributed by atoms with E-state index in [1.54, 1.807) is 12.3 Å². The summed E-state index contributed by atoms with van der Waals surface area (Å²) in [4.78, 5) is 25.8. The molecule has 2 aromatic rings. The zero-order valence-corrected chi connectivity index (χ0v) is 15.5. The molecule has 2 N–H and O–H groups in total. The van der Waals surface area contributed by atoms with Gasteiger partial charge in [-0.05, 0) is 31.5 Å². The van der Waals surface area contributed by atoms with E-state index in [1.807, 2.05) is 35.2 Å². The second-order valence-corrected chi connectivity index (χ2v) is 6.91. The van der Waals surface area contributed by atoms with Crippen molar-refractivity contribution < 1.29 is 4.79 Å². The van der Waals surface area contributed by atoms with Crippen molar-refractivity contribution in [3.05, 3.63) is 54.0 Å². The number of benzene rings is 1. The summed E-state index contributed by atoms with van der Waals surface area (Å²) in [6, 6.07) is 12.1. The number of nitrogens with zero attached hydrogens (tertiary/aromatic N) is 4. The zero-order valence-electron chi connectivity index (χ0n) is 15.5. The van der Waals surface area contributed by atoms with E-state index in [0.717, 1.165) is 31.5 Å². The number of carbonyl (C=O) groups is 1. The number of rotatable bonds is 6. The first-order valence-corrected chi connectivity index (χ1v) is 9.19. The van der Waals surface area contributed by atoms with Gasteiger partial charge in [0.05, 0.1) is 12.5 Å². The van der Waals surface area contributed by atoms with Crippen LogP contribution < -0.4 is 5.73 Å². The van der Waals surface area contributed by atoms with Crippen LogP contribution in [0.25, 0.3) is 0 Å². The first-order valence-electron chi connectivity index (χ1n) is 9.19. The van der Waals surface area contributed by atoms with Crippen molar-refractivity contribution in [3.63, 3.8) is 0 Å². The highest BCUT2D eigenvalue weighted by molar-refractivity contribution is 5.84. The van der Waals surface area contributed by atoms with Crippen LogP contribution in [0.5, 0.6) is 0 Å². The van der Waals surface area contributed by atoms with Gasteiger partial charge in [0.15, 0.2) is 0 Å². The summed E-state index contributed by atoms with van der Waals surface area (Å²) >= 11 is 0. The third-order valence-electron chi connectivity index (χ3n) is 5.12. The number of hydrogen-bond donors (Lipinski definition) is 1. The molecule has 138 valence electrons. The van der Waals surface area contributed by atoms with Gasteiger partial charge in [-0.3, -0.25) is 9.69 Å². The van der Waals surface area contributed by atoms with Crippen LogP contribution in [0, 0.1) is 0 Å². The molecule has 0 spiro atoms. The molecule has 2 atom stereocenters. The third kappa shape index (κ3) is 4.19. The normalized spacial score (nSPS) is 18.3. The maximum absolute atomic E-state index is 13.0. The predicted molar refractivity (Wildman–Crippen MR) is 102 cm³/mol. The van der Waals surface area contributed by atoms with E-state index in [-0.39, 0.29) is 11.8 Å². The van der Waals surface area contributed by atoms with Gasteiger partial charge in [-0.15, -0.1) is 0 Å². The molecule has 0 bridgehead atoms. The Kier molecular flexibility index (Phi) is 5.83. The van der Waals surface area contributed by atoms with Crippen molar-refractivity contribution in [2.24, 2.45) is 0 Å². The summed E-state index contributed by atoms with van der Waals surface area (Å²) in [7, 11) is 2.06. The van der Waals surface area contributed by atoms with Crippen molar-refractivity contribution in [2.75, 3.05) is 25.9 Å². The second-order valence-electron chi connectivity index (χ2n) is 6.91. The van der Waals surface area contributed by atoms with Crippen LogP contribution in [-0.2, 0) is 11.3 Å². The van der Waals surface area contributed by atoms with Crippen molar-refractivity contribution in [2.45, 2.75) is 38.3 Å². The van der Waals surface area contributed by atoms with Gasteiger partial charge in [0.2, 0.25) is 5.91 Å². The smallest absolute Gasteiger partial charge is 0.230 e.